The van der Waals surface area contributed by atoms with E-state index in [-0.39, 0.29) is 16.3 Å². The van der Waals surface area contributed by atoms with E-state index in [0.717, 1.165) is 11.8 Å². The van der Waals surface area contributed by atoms with Gasteiger partial charge in [-0.05, 0) is 30.3 Å². The fourth-order valence-electron chi connectivity index (χ4n) is 2.97. The van der Waals surface area contributed by atoms with Gasteiger partial charge in [-0.1, -0.05) is 11.8 Å². The summed E-state index contributed by atoms with van der Waals surface area (Å²) in [6, 6.07) is 9.68. The van der Waals surface area contributed by atoms with Gasteiger partial charge in [0.1, 0.15) is 27.7 Å². The molecule has 0 spiro atoms. The van der Waals surface area contributed by atoms with Crippen LogP contribution in [-0.4, -0.2) is 22.6 Å². The van der Waals surface area contributed by atoms with Crippen LogP contribution in [0.4, 0.5) is 0 Å². The Hall–Kier alpha value is -3.49. The van der Waals surface area contributed by atoms with Crippen LogP contribution in [0, 0.1) is 28.1 Å². The van der Waals surface area contributed by atoms with Crippen molar-refractivity contribution in [1.82, 2.24) is 4.90 Å². The van der Waals surface area contributed by atoms with Crippen LogP contribution in [0.5, 0.6) is 0 Å². The van der Waals surface area contributed by atoms with Crippen LogP contribution in [0.15, 0.2) is 61.8 Å². The molecule has 2 aromatic rings. The zero-order valence-corrected chi connectivity index (χ0v) is 14.0. The Bertz CT molecular complexity index is 1040. The average molecular weight is 362 g/mol. The number of hydrogen-bond donors (Lipinski definition) is 1. The Morgan fingerprint density at radius 2 is 2.00 bits per heavy atom. The highest BCUT2D eigenvalue weighted by atomic mass is 32.2. The zero-order chi connectivity index (χ0) is 18.3. The molecule has 0 radical (unpaired) electrons. The Morgan fingerprint density at radius 3 is 2.62 bits per heavy atom. The van der Waals surface area contributed by atoms with Gasteiger partial charge in [-0.25, -0.2) is 0 Å². The first-order valence-corrected chi connectivity index (χ1v) is 8.45. The second-order valence-corrected chi connectivity index (χ2v) is 6.65. The van der Waals surface area contributed by atoms with Crippen molar-refractivity contribution in [2.45, 2.75) is 11.3 Å². The minimum atomic E-state index is -1.10. The van der Waals surface area contributed by atoms with Crippen molar-refractivity contribution in [3.63, 3.8) is 0 Å². The molecule has 0 saturated carbocycles. The summed E-state index contributed by atoms with van der Waals surface area (Å²) in [6.45, 7) is 0. The fraction of sp³-hybridized carbons (Fsp3) is 0.111. The third-order valence-corrected chi connectivity index (χ3v) is 5.28. The van der Waals surface area contributed by atoms with Crippen molar-refractivity contribution in [2.75, 3.05) is 0 Å². The van der Waals surface area contributed by atoms with E-state index in [1.807, 2.05) is 6.07 Å². The van der Waals surface area contributed by atoms with Gasteiger partial charge in [0, 0.05) is 5.57 Å². The van der Waals surface area contributed by atoms with Crippen molar-refractivity contribution in [3.8, 4) is 12.1 Å². The van der Waals surface area contributed by atoms with Gasteiger partial charge < -0.3 is 14.2 Å². The number of hydrogen-bond acceptors (Lipinski definition) is 7. The molecule has 0 bridgehead atoms. The topological polar surface area (TPSA) is 118 Å². The Kier molecular flexibility index (Phi) is 3.76. The molecule has 2 aliphatic heterocycles. The highest BCUT2D eigenvalue weighted by Gasteiger charge is 2.49. The predicted molar refractivity (Wildman–Crippen MR) is 92.3 cm³/mol. The molecule has 126 valence electrons. The normalized spacial score (nSPS) is 23.9. The van der Waals surface area contributed by atoms with E-state index in [0.29, 0.717) is 17.1 Å². The Morgan fingerprint density at radius 1 is 1.23 bits per heavy atom. The quantitative estimate of drug-likeness (QED) is 0.876. The molecule has 7 nitrogen and oxygen atoms in total. The molecule has 4 rings (SSSR count). The lowest BCUT2D eigenvalue weighted by Crippen LogP contribution is -2.40. The van der Waals surface area contributed by atoms with Crippen LogP contribution in [-0.2, 0) is 4.79 Å². The van der Waals surface area contributed by atoms with Crippen molar-refractivity contribution in [2.24, 2.45) is 0 Å². The third-order valence-electron chi connectivity index (χ3n) is 4.09. The van der Waals surface area contributed by atoms with Gasteiger partial charge in [-0.3, -0.25) is 9.69 Å². The number of carbonyl (C=O) groups excluding carboxylic acids is 1. The Labute approximate surface area is 152 Å². The lowest BCUT2D eigenvalue weighted by atomic mass is 10.1. The van der Waals surface area contributed by atoms with E-state index < -0.39 is 17.2 Å². The van der Waals surface area contributed by atoms with Gasteiger partial charge in [0.05, 0.1) is 30.0 Å². The molecular weight excluding hydrogens is 352 g/mol. The molecule has 26 heavy (non-hydrogen) atoms. The molecular formula is C18H10N4O3S. The number of rotatable bonds is 2. The molecule has 1 amide bonds. The summed E-state index contributed by atoms with van der Waals surface area (Å²) in [6.07, 6.45) is 4.50. The third kappa shape index (κ3) is 2.28. The first-order valence-electron chi connectivity index (χ1n) is 7.57. The first-order chi connectivity index (χ1) is 12.7. The van der Waals surface area contributed by atoms with E-state index >= 15 is 0 Å². The molecule has 2 atom stereocenters. The molecule has 1 fully saturated rings. The summed E-state index contributed by atoms with van der Waals surface area (Å²) in [5, 5.41) is 26.8. The molecule has 2 aliphatic rings. The first kappa shape index (κ1) is 16.0. The van der Waals surface area contributed by atoms with Gasteiger partial charge in [0.15, 0.2) is 6.04 Å². The van der Waals surface area contributed by atoms with Crippen molar-refractivity contribution < 1.29 is 13.6 Å². The summed E-state index contributed by atoms with van der Waals surface area (Å²) in [7, 11) is 0. The summed E-state index contributed by atoms with van der Waals surface area (Å²) in [5.41, 5.74) is 0.570. The smallest absolute Gasteiger partial charge is 0.249 e. The number of nitrogens with one attached hydrogen (secondary N) is 1. The maximum Gasteiger partial charge on any atom is 0.249 e. The summed E-state index contributed by atoms with van der Waals surface area (Å²) < 4.78 is 10.6. The second-order valence-electron chi connectivity index (χ2n) is 5.53. The van der Waals surface area contributed by atoms with Crippen LogP contribution in [0.3, 0.4) is 0 Å². The van der Waals surface area contributed by atoms with Gasteiger partial charge in [-0.2, -0.15) is 10.5 Å². The summed E-state index contributed by atoms with van der Waals surface area (Å²) in [4.78, 5) is 14.5. The van der Waals surface area contributed by atoms with Crippen LogP contribution in [0.2, 0.25) is 0 Å². The molecule has 4 heterocycles. The monoisotopic (exact) mass is 362 g/mol. The molecule has 0 aliphatic carbocycles. The van der Waals surface area contributed by atoms with E-state index in [1.54, 1.807) is 30.3 Å². The summed E-state index contributed by atoms with van der Waals surface area (Å²) in [5.74, 6) is 0.482. The van der Waals surface area contributed by atoms with Crippen LogP contribution < -0.4 is 0 Å². The number of nitrogens with zero attached hydrogens (tertiary/aromatic N) is 3. The highest BCUT2D eigenvalue weighted by Crippen LogP contribution is 2.48. The molecule has 1 N–H and O–H groups in total. The minimum Gasteiger partial charge on any atom is -0.468 e. The SMILES string of the molecule is N#CC1=C2C(=Cc3ccco3)C(=N)C(C#N)N2C(=O)[C@H](c2ccco2)S1. The highest BCUT2D eigenvalue weighted by molar-refractivity contribution is 8.04. The Balaban J connectivity index is 1.90. The number of carbonyl (C=O) groups is 1. The van der Waals surface area contributed by atoms with E-state index in [4.69, 9.17) is 14.2 Å². The minimum absolute atomic E-state index is 0.0410. The van der Waals surface area contributed by atoms with Gasteiger partial charge in [0.2, 0.25) is 5.91 Å². The molecule has 0 aromatic carbocycles. The van der Waals surface area contributed by atoms with Crippen molar-refractivity contribution in [1.29, 1.82) is 15.9 Å². The lowest BCUT2D eigenvalue weighted by Gasteiger charge is -2.29. The van der Waals surface area contributed by atoms with Gasteiger partial charge in [-0.15, -0.1) is 0 Å². The van der Waals surface area contributed by atoms with Gasteiger partial charge >= 0.3 is 0 Å². The van der Waals surface area contributed by atoms with Gasteiger partial charge in [0.25, 0.3) is 0 Å². The number of nitriles is 2. The van der Waals surface area contributed by atoms with E-state index in [9.17, 15) is 15.3 Å². The summed E-state index contributed by atoms with van der Waals surface area (Å²) >= 11 is 1.06. The van der Waals surface area contributed by atoms with E-state index in [2.05, 4.69) is 6.07 Å². The lowest BCUT2D eigenvalue weighted by molar-refractivity contribution is -0.129. The molecule has 8 heteroatoms. The van der Waals surface area contributed by atoms with Crippen LogP contribution in [0.1, 0.15) is 16.8 Å². The molecule has 2 aromatic heterocycles. The molecule has 1 saturated heterocycles. The number of thioether (sulfide) groups is 1. The largest absolute Gasteiger partial charge is 0.468 e. The number of allylic oxidation sites excluding steroid dienone is 2. The maximum absolute atomic E-state index is 13.0. The fourth-order valence-corrected chi connectivity index (χ4v) is 4.04. The zero-order valence-electron chi connectivity index (χ0n) is 13.2. The second kappa shape index (κ2) is 6.10. The maximum atomic E-state index is 13.0. The number of amides is 1. The predicted octanol–water partition coefficient (Wildman–Crippen LogP) is 3.23. The van der Waals surface area contributed by atoms with Crippen molar-refractivity contribution in [3.05, 3.63) is 64.5 Å². The van der Waals surface area contributed by atoms with E-state index in [1.165, 1.54) is 17.4 Å². The van der Waals surface area contributed by atoms with Crippen LogP contribution in [0.25, 0.3) is 6.08 Å². The standard InChI is InChI=1S/C18H10N4O3S/c19-8-12-15(21)11(7-10-3-1-5-24-10)16-14(9-20)26-17(18(23)22(12)16)13-4-2-6-25-13/h1-7,12,17,21H/t12?,17-/m0/s1. The number of furan rings is 2. The van der Waals surface area contributed by atoms with Crippen LogP contribution >= 0.6 is 11.8 Å². The average Bonchev–Trinajstić information content (AvgIpc) is 3.38. The number of fused-ring (bicyclic) bond motifs is 1. The molecule has 1 unspecified atom stereocenters. The van der Waals surface area contributed by atoms with Crippen molar-refractivity contribution >= 4 is 29.5 Å².